The molecule has 7 heteroatoms. The summed E-state index contributed by atoms with van der Waals surface area (Å²) in [5, 5.41) is 37.4. The molecule has 8 atom stereocenters. The number of aliphatic hydroxyl groups excluding tert-OH is 1. The monoisotopic (exact) mass is 588 g/mol. The van der Waals surface area contributed by atoms with E-state index in [1.807, 2.05) is 0 Å². The van der Waals surface area contributed by atoms with Gasteiger partial charge in [-0.3, -0.25) is 14.4 Å². The third-order valence-corrected chi connectivity index (χ3v) is 13.8. The highest BCUT2D eigenvalue weighted by atomic mass is 16.4. The largest absolute Gasteiger partial charge is 0.481 e. The van der Waals surface area contributed by atoms with E-state index in [2.05, 4.69) is 54.5 Å². The molecule has 238 valence electrons. The molecule has 42 heavy (non-hydrogen) atoms. The smallest absolute Gasteiger partial charge is 0.310 e. The van der Waals surface area contributed by atoms with Gasteiger partial charge >= 0.3 is 17.9 Å². The maximum absolute atomic E-state index is 12.8. The van der Waals surface area contributed by atoms with Gasteiger partial charge in [0.2, 0.25) is 0 Å². The highest BCUT2D eigenvalue weighted by Crippen LogP contribution is 2.75. The number of fused-ring (bicyclic) bond motifs is 7. The Labute approximate surface area is 252 Å². The van der Waals surface area contributed by atoms with Crippen LogP contribution in [-0.4, -0.2) is 44.4 Å². The lowest BCUT2D eigenvalue weighted by Crippen LogP contribution is -2.65. The summed E-state index contributed by atoms with van der Waals surface area (Å²) >= 11 is 0. The molecule has 4 fully saturated rings. The highest BCUT2D eigenvalue weighted by Gasteiger charge is 2.69. The van der Waals surface area contributed by atoms with Crippen LogP contribution < -0.4 is 0 Å². The Hall–Kier alpha value is -1.89. The molecule has 0 aromatic heterocycles. The second-order valence-electron chi connectivity index (χ2n) is 16.7. The average Bonchev–Trinajstić information content (AvgIpc) is 2.86. The van der Waals surface area contributed by atoms with Crippen molar-refractivity contribution in [1.82, 2.24) is 0 Å². The van der Waals surface area contributed by atoms with Crippen molar-refractivity contribution in [3.63, 3.8) is 0 Å². The van der Waals surface area contributed by atoms with Gasteiger partial charge < -0.3 is 20.4 Å². The molecule has 5 rings (SSSR count). The molecule has 0 aromatic rings. The number of rotatable bonds is 5. The zero-order valence-electron chi connectivity index (χ0n) is 27.1. The molecule has 0 bridgehead atoms. The summed E-state index contributed by atoms with van der Waals surface area (Å²) in [6.07, 6.45) is 12.7. The van der Waals surface area contributed by atoms with E-state index < -0.39 is 23.3 Å². The summed E-state index contributed by atoms with van der Waals surface area (Å²) < 4.78 is 0. The Morgan fingerprint density at radius 2 is 1.38 bits per heavy atom. The second kappa shape index (κ2) is 10.9. The summed E-state index contributed by atoms with van der Waals surface area (Å²) in [5.74, 6) is -1.09. The Morgan fingerprint density at radius 3 is 1.95 bits per heavy atom. The average molecular weight is 589 g/mol. The van der Waals surface area contributed by atoms with E-state index in [0.29, 0.717) is 11.8 Å². The number of carboxylic acids is 3. The first-order valence-corrected chi connectivity index (χ1v) is 16.3. The Bertz CT molecular complexity index is 1110. The van der Waals surface area contributed by atoms with E-state index in [0.717, 1.165) is 51.4 Å². The molecule has 7 nitrogen and oxygen atoms in total. The minimum atomic E-state index is -0.948. The number of hydrogen-bond acceptors (Lipinski definition) is 4. The van der Waals surface area contributed by atoms with E-state index in [4.69, 9.17) is 10.2 Å². The number of allylic oxidation sites excluding steroid dienone is 2. The lowest BCUT2D eigenvalue weighted by molar-refractivity contribution is -0.205. The van der Waals surface area contributed by atoms with Gasteiger partial charge in [0.1, 0.15) is 0 Å². The first-order chi connectivity index (χ1) is 19.3. The van der Waals surface area contributed by atoms with Crippen molar-refractivity contribution in [2.75, 3.05) is 0 Å². The summed E-state index contributed by atoms with van der Waals surface area (Å²) in [7, 11) is 0. The van der Waals surface area contributed by atoms with Gasteiger partial charge in [0.25, 0.3) is 0 Å². The molecule has 5 aliphatic rings. The number of aliphatic hydroxyl groups is 1. The van der Waals surface area contributed by atoms with Gasteiger partial charge in [-0.25, -0.2) is 0 Å². The minimum absolute atomic E-state index is 0.0301. The first kappa shape index (κ1) is 33.0. The fourth-order valence-corrected chi connectivity index (χ4v) is 11.0. The number of aliphatic carboxylic acids is 3. The quantitative estimate of drug-likeness (QED) is 0.244. The van der Waals surface area contributed by atoms with Crippen LogP contribution in [0.25, 0.3) is 0 Å². The standard InChI is InChI=1S/C30H48O3.C5H8O4/c1-25(2)14-16-30(24(32)33)17-15-28(6)19(20(30)18-25)8-9-22-27(5)12-11-23(31)26(3,4)21(27)10-13-29(22,28)7;6-4(7)2-1-3-5(8)9/h8,20-23,31H,9-18H2,1-7H3,(H,32,33);1-3H2,(H,6,7)(H,8,9)/t20-,21-,22+,23-,27-,28+,29+,30-;/m0./s1. The van der Waals surface area contributed by atoms with E-state index >= 15 is 0 Å². The third kappa shape index (κ3) is 5.13. The molecule has 0 radical (unpaired) electrons. The Balaban J connectivity index is 0.000000392. The van der Waals surface area contributed by atoms with Crippen LogP contribution in [0.3, 0.4) is 0 Å². The molecule has 0 aromatic carbocycles. The highest BCUT2D eigenvalue weighted by molar-refractivity contribution is 5.76. The van der Waals surface area contributed by atoms with Crippen molar-refractivity contribution in [2.45, 2.75) is 138 Å². The van der Waals surface area contributed by atoms with Crippen LogP contribution in [0.1, 0.15) is 132 Å². The van der Waals surface area contributed by atoms with Crippen LogP contribution in [0.5, 0.6) is 0 Å². The van der Waals surface area contributed by atoms with Crippen molar-refractivity contribution in [1.29, 1.82) is 0 Å². The van der Waals surface area contributed by atoms with Crippen LogP contribution >= 0.6 is 0 Å². The molecule has 5 aliphatic carbocycles. The van der Waals surface area contributed by atoms with E-state index in [-0.39, 0.29) is 58.4 Å². The molecule has 0 saturated heterocycles. The maximum Gasteiger partial charge on any atom is 0.310 e. The molecular formula is C35H56O7. The summed E-state index contributed by atoms with van der Waals surface area (Å²) in [4.78, 5) is 32.3. The normalized spacial score (nSPS) is 43.1. The number of carbonyl (C=O) groups is 3. The fraction of sp³-hybridized carbons (Fsp3) is 0.857. The van der Waals surface area contributed by atoms with Gasteiger partial charge in [-0.15, -0.1) is 0 Å². The molecule has 0 aliphatic heterocycles. The molecule has 4 saturated carbocycles. The van der Waals surface area contributed by atoms with Crippen molar-refractivity contribution in [3.05, 3.63) is 11.6 Å². The SMILES string of the molecule is CC1(C)CC[C@]2(C(=O)O)CC[C@]3(C)C(=CC[C@@H]4[C@@]5(C)CC[C@H](O)C(C)(C)[C@@H]5CC[C@]43C)[C@@H]2C1.O=C(O)CCCC(=O)O. The zero-order chi connectivity index (χ0) is 31.5. The van der Waals surface area contributed by atoms with Crippen molar-refractivity contribution >= 4 is 17.9 Å². The van der Waals surface area contributed by atoms with Crippen molar-refractivity contribution in [3.8, 4) is 0 Å². The van der Waals surface area contributed by atoms with E-state index in [1.54, 1.807) is 0 Å². The third-order valence-electron chi connectivity index (χ3n) is 13.8. The molecule has 4 N–H and O–H groups in total. The first-order valence-electron chi connectivity index (χ1n) is 16.3. The summed E-state index contributed by atoms with van der Waals surface area (Å²) in [5.41, 5.74) is 1.68. The summed E-state index contributed by atoms with van der Waals surface area (Å²) in [6, 6.07) is 0. The molecule has 0 amide bonds. The van der Waals surface area contributed by atoms with Gasteiger partial charge in [-0.05, 0) is 115 Å². The Kier molecular flexibility index (Phi) is 8.59. The van der Waals surface area contributed by atoms with Crippen LogP contribution in [0.15, 0.2) is 11.6 Å². The second-order valence-corrected chi connectivity index (χ2v) is 16.7. The Morgan fingerprint density at radius 1 is 0.786 bits per heavy atom. The predicted octanol–water partition coefficient (Wildman–Crippen LogP) is 7.56. The van der Waals surface area contributed by atoms with Crippen LogP contribution in [-0.2, 0) is 14.4 Å². The van der Waals surface area contributed by atoms with Crippen molar-refractivity contribution < 1.29 is 34.8 Å². The number of hydrogen-bond donors (Lipinski definition) is 4. The molecule has 0 heterocycles. The van der Waals surface area contributed by atoms with Gasteiger partial charge in [0.05, 0.1) is 11.5 Å². The molecule has 0 unspecified atom stereocenters. The fourth-order valence-electron chi connectivity index (χ4n) is 11.0. The van der Waals surface area contributed by atoms with Gasteiger partial charge in [-0.2, -0.15) is 0 Å². The van der Waals surface area contributed by atoms with Crippen LogP contribution in [0.2, 0.25) is 0 Å². The zero-order valence-corrected chi connectivity index (χ0v) is 27.1. The topological polar surface area (TPSA) is 132 Å². The van der Waals surface area contributed by atoms with Gasteiger partial charge in [0, 0.05) is 12.8 Å². The maximum atomic E-state index is 12.8. The van der Waals surface area contributed by atoms with Crippen LogP contribution in [0, 0.1) is 50.2 Å². The van der Waals surface area contributed by atoms with Crippen molar-refractivity contribution in [2.24, 2.45) is 50.2 Å². The molecule has 0 spiro atoms. The lowest BCUT2D eigenvalue weighted by Gasteiger charge is -2.71. The van der Waals surface area contributed by atoms with Gasteiger partial charge in [0.15, 0.2) is 0 Å². The van der Waals surface area contributed by atoms with E-state index in [9.17, 15) is 24.6 Å². The summed E-state index contributed by atoms with van der Waals surface area (Å²) in [6.45, 7) is 16.9. The lowest BCUT2D eigenvalue weighted by atomic mass is 9.33. The molecular weight excluding hydrogens is 532 g/mol. The van der Waals surface area contributed by atoms with Crippen LogP contribution in [0.4, 0.5) is 0 Å². The number of carboxylic acid groups (broad SMARTS) is 3. The van der Waals surface area contributed by atoms with E-state index in [1.165, 1.54) is 18.4 Å². The van der Waals surface area contributed by atoms with Gasteiger partial charge in [-0.1, -0.05) is 60.1 Å². The minimum Gasteiger partial charge on any atom is -0.481 e. The predicted molar refractivity (Wildman–Crippen MR) is 162 cm³/mol.